The van der Waals surface area contributed by atoms with Gasteiger partial charge in [-0.2, -0.15) is 13.2 Å². The topological polar surface area (TPSA) is 39.7 Å². The van der Waals surface area contributed by atoms with Crippen molar-refractivity contribution < 1.29 is 18.0 Å². The highest BCUT2D eigenvalue weighted by Gasteiger charge is 2.33. The molecule has 2 aliphatic heterocycles. The van der Waals surface area contributed by atoms with E-state index in [1.54, 1.807) is 6.07 Å². The van der Waals surface area contributed by atoms with Crippen molar-refractivity contribution in [1.29, 1.82) is 0 Å². The minimum atomic E-state index is -4.43. The third kappa shape index (κ3) is 5.12. The van der Waals surface area contributed by atoms with E-state index in [0.29, 0.717) is 31.2 Å². The number of hydrogen-bond donors (Lipinski definition) is 0. The molecule has 0 atom stereocenters. The molecular formula is C19H27F3N4O. The fourth-order valence-corrected chi connectivity index (χ4v) is 3.81. The predicted octanol–water partition coefficient (Wildman–Crippen LogP) is 2.87. The van der Waals surface area contributed by atoms with E-state index in [1.807, 2.05) is 9.80 Å². The van der Waals surface area contributed by atoms with Crippen LogP contribution in [0.25, 0.3) is 0 Å². The van der Waals surface area contributed by atoms with Gasteiger partial charge in [-0.1, -0.05) is 13.0 Å². The van der Waals surface area contributed by atoms with Crippen molar-refractivity contribution in [3.63, 3.8) is 0 Å². The lowest BCUT2D eigenvalue weighted by atomic mass is 9.93. The maximum atomic E-state index is 12.8. The second kappa shape index (κ2) is 8.46. The second-order valence-corrected chi connectivity index (χ2v) is 7.33. The fourth-order valence-electron chi connectivity index (χ4n) is 3.81. The molecule has 150 valence electrons. The van der Waals surface area contributed by atoms with Crippen LogP contribution >= 0.6 is 0 Å². The first kappa shape index (κ1) is 19.9. The molecule has 0 radical (unpaired) electrons. The molecule has 1 aromatic heterocycles. The van der Waals surface area contributed by atoms with Crippen molar-refractivity contribution in [2.24, 2.45) is 5.92 Å². The number of rotatable bonds is 4. The summed E-state index contributed by atoms with van der Waals surface area (Å²) in [6.07, 6.45) is -2.28. The van der Waals surface area contributed by atoms with Gasteiger partial charge in [0.15, 0.2) is 0 Å². The zero-order valence-corrected chi connectivity index (χ0v) is 15.7. The summed E-state index contributed by atoms with van der Waals surface area (Å²) in [4.78, 5) is 22.5. The number of piperazine rings is 1. The number of nitrogens with zero attached hydrogens (tertiary/aromatic N) is 4. The lowest BCUT2D eigenvalue weighted by molar-refractivity contribution is -0.141. The summed E-state index contributed by atoms with van der Waals surface area (Å²) in [6, 6.07) is 4.01. The van der Waals surface area contributed by atoms with Gasteiger partial charge in [0.25, 0.3) is 0 Å². The Bertz CT molecular complexity index is 636. The molecule has 0 aromatic carbocycles. The summed E-state index contributed by atoms with van der Waals surface area (Å²) in [5, 5.41) is 0. The number of halogens is 3. The highest BCUT2D eigenvalue weighted by atomic mass is 19.4. The summed E-state index contributed by atoms with van der Waals surface area (Å²) >= 11 is 0. The number of carbonyl (C=O) groups is 1. The van der Waals surface area contributed by atoms with E-state index in [9.17, 15) is 18.0 Å². The average molecular weight is 384 g/mol. The Morgan fingerprint density at radius 2 is 1.78 bits per heavy atom. The lowest BCUT2D eigenvalue weighted by Gasteiger charge is -2.36. The normalized spacial score (nSPS) is 20.1. The molecule has 0 N–H and O–H groups in total. The number of piperidine rings is 1. The van der Waals surface area contributed by atoms with Crippen molar-refractivity contribution in [2.75, 3.05) is 50.7 Å². The molecule has 5 nitrogen and oxygen atoms in total. The van der Waals surface area contributed by atoms with Gasteiger partial charge in [0, 0.05) is 45.7 Å². The summed E-state index contributed by atoms with van der Waals surface area (Å²) in [5.41, 5.74) is -0.858. The Morgan fingerprint density at radius 1 is 1.11 bits per heavy atom. The van der Waals surface area contributed by atoms with Crippen molar-refractivity contribution in [3.8, 4) is 0 Å². The summed E-state index contributed by atoms with van der Waals surface area (Å²) in [5.74, 6) is 0.871. The van der Waals surface area contributed by atoms with E-state index < -0.39 is 11.9 Å². The van der Waals surface area contributed by atoms with Crippen LogP contribution in [0, 0.1) is 5.92 Å². The van der Waals surface area contributed by atoms with Gasteiger partial charge < -0.3 is 14.7 Å². The molecule has 3 heterocycles. The molecule has 0 unspecified atom stereocenters. The van der Waals surface area contributed by atoms with Crippen LogP contribution in [0.5, 0.6) is 0 Å². The van der Waals surface area contributed by atoms with Crippen LogP contribution in [-0.4, -0.2) is 66.5 Å². The molecule has 2 aliphatic rings. The van der Waals surface area contributed by atoms with E-state index in [0.717, 1.165) is 51.6 Å². The zero-order valence-electron chi connectivity index (χ0n) is 15.7. The predicted molar refractivity (Wildman–Crippen MR) is 97.5 cm³/mol. The molecule has 0 bridgehead atoms. The molecule has 27 heavy (non-hydrogen) atoms. The highest BCUT2D eigenvalue weighted by Crippen LogP contribution is 2.30. The van der Waals surface area contributed by atoms with Gasteiger partial charge in [0.05, 0.1) is 0 Å². The van der Waals surface area contributed by atoms with Crippen LogP contribution in [-0.2, 0) is 11.0 Å². The van der Waals surface area contributed by atoms with Gasteiger partial charge >= 0.3 is 6.18 Å². The lowest BCUT2D eigenvalue weighted by Crippen LogP contribution is -2.49. The molecule has 0 spiro atoms. The number of anilines is 1. The van der Waals surface area contributed by atoms with E-state index in [1.165, 1.54) is 6.07 Å². The molecule has 8 heteroatoms. The second-order valence-electron chi connectivity index (χ2n) is 7.33. The molecule has 0 saturated carbocycles. The largest absolute Gasteiger partial charge is 0.433 e. The smallest absolute Gasteiger partial charge is 0.357 e. The maximum absolute atomic E-state index is 12.8. The molecule has 1 amide bonds. The molecule has 0 aliphatic carbocycles. The van der Waals surface area contributed by atoms with Crippen molar-refractivity contribution >= 4 is 11.7 Å². The Hall–Kier alpha value is -1.83. The first-order chi connectivity index (χ1) is 12.9. The number of amides is 1. The van der Waals surface area contributed by atoms with Gasteiger partial charge in [-0.25, -0.2) is 4.98 Å². The third-order valence-corrected chi connectivity index (χ3v) is 5.60. The minimum absolute atomic E-state index is 0.210. The Balaban J connectivity index is 1.49. The molecule has 3 rings (SSSR count). The van der Waals surface area contributed by atoms with Gasteiger partial charge in [-0.3, -0.25) is 4.79 Å². The van der Waals surface area contributed by atoms with Crippen LogP contribution < -0.4 is 4.90 Å². The van der Waals surface area contributed by atoms with Crippen molar-refractivity contribution in [2.45, 2.75) is 32.4 Å². The third-order valence-electron chi connectivity index (χ3n) is 5.60. The average Bonchev–Trinajstić information content (AvgIpc) is 2.68. The Labute approximate surface area is 158 Å². The Morgan fingerprint density at radius 3 is 2.37 bits per heavy atom. The van der Waals surface area contributed by atoms with Gasteiger partial charge in [-0.05, 0) is 37.4 Å². The zero-order chi connectivity index (χ0) is 19.4. The highest BCUT2D eigenvalue weighted by molar-refractivity contribution is 5.76. The molecular weight excluding hydrogens is 357 g/mol. The monoisotopic (exact) mass is 384 g/mol. The first-order valence-corrected chi connectivity index (χ1v) is 9.66. The van der Waals surface area contributed by atoms with Crippen LogP contribution in [0.1, 0.15) is 31.9 Å². The number of hydrogen-bond acceptors (Lipinski definition) is 4. The van der Waals surface area contributed by atoms with Crippen molar-refractivity contribution in [3.05, 3.63) is 23.9 Å². The Kier molecular flexibility index (Phi) is 6.24. The summed E-state index contributed by atoms with van der Waals surface area (Å²) in [7, 11) is 0. The summed E-state index contributed by atoms with van der Waals surface area (Å²) in [6.45, 7) is 7.86. The van der Waals surface area contributed by atoms with Gasteiger partial charge in [0.1, 0.15) is 11.5 Å². The maximum Gasteiger partial charge on any atom is 0.433 e. The van der Waals surface area contributed by atoms with E-state index in [4.69, 9.17) is 0 Å². The van der Waals surface area contributed by atoms with Gasteiger partial charge in [-0.15, -0.1) is 0 Å². The molecule has 2 saturated heterocycles. The SMILES string of the molecule is CCN1CCN(C(=O)CC2CCN(c3cccc(C(F)(F)F)n3)CC2)CC1. The van der Waals surface area contributed by atoms with Crippen molar-refractivity contribution in [1.82, 2.24) is 14.8 Å². The van der Waals surface area contributed by atoms with E-state index >= 15 is 0 Å². The van der Waals surface area contributed by atoms with Crippen LogP contribution in [0.3, 0.4) is 0 Å². The minimum Gasteiger partial charge on any atom is -0.357 e. The standard InChI is InChI=1S/C19H27F3N4O/c1-2-24-10-12-26(13-11-24)18(27)14-15-6-8-25(9-7-15)17-5-3-4-16(23-17)19(20,21)22/h3-5,15H,2,6-14H2,1H3. The van der Waals surface area contributed by atoms with Crippen LogP contribution in [0.4, 0.5) is 19.0 Å². The number of likely N-dealkylation sites (N-methyl/N-ethyl adjacent to an activating group) is 1. The number of pyridine rings is 1. The fraction of sp³-hybridized carbons (Fsp3) is 0.684. The number of aromatic nitrogens is 1. The van der Waals surface area contributed by atoms with Gasteiger partial charge in [0.2, 0.25) is 5.91 Å². The van der Waals surface area contributed by atoms with E-state index in [-0.39, 0.29) is 5.91 Å². The van der Waals surface area contributed by atoms with Crippen LogP contribution in [0.15, 0.2) is 18.2 Å². The first-order valence-electron chi connectivity index (χ1n) is 9.66. The summed E-state index contributed by atoms with van der Waals surface area (Å²) < 4.78 is 38.5. The molecule has 1 aromatic rings. The number of alkyl halides is 3. The van der Waals surface area contributed by atoms with Crippen LogP contribution in [0.2, 0.25) is 0 Å². The molecule has 2 fully saturated rings. The number of carbonyl (C=O) groups excluding carboxylic acids is 1. The van der Waals surface area contributed by atoms with E-state index in [2.05, 4.69) is 16.8 Å². The quantitative estimate of drug-likeness (QED) is 0.800.